The van der Waals surface area contributed by atoms with Gasteiger partial charge in [0, 0.05) is 24.0 Å². The lowest BCUT2D eigenvalue weighted by atomic mass is 9.79. The van der Waals surface area contributed by atoms with Crippen molar-refractivity contribution in [2.75, 3.05) is 12.0 Å². The van der Waals surface area contributed by atoms with Crippen LogP contribution < -0.4 is 5.73 Å². The zero-order valence-electron chi connectivity index (χ0n) is 12.7. The molecule has 0 heterocycles. The summed E-state index contributed by atoms with van der Waals surface area (Å²) in [5.74, 6) is 1.01. The van der Waals surface area contributed by atoms with Crippen LogP contribution in [0.1, 0.15) is 44.6 Å². The molecule has 1 aromatic rings. The molecule has 0 amide bonds. The second kappa shape index (κ2) is 7.79. The topological polar surface area (TPSA) is 60.2 Å². The molecule has 0 aliphatic heterocycles. The highest BCUT2D eigenvalue weighted by atomic mass is 32.2. The fourth-order valence-corrected chi connectivity index (χ4v) is 3.38. The maximum absolute atomic E-state index is 11.2. The van der Waals surface area contributed by atoms with E-state index in [9.17, 15) is 8.42 Å². The van der Waals surface area contributed by atoms with Crippen LogP contribution in [-0.4, -0.2) is 26.5 Å². The van der Waals surface area contributed by atoms with Gasteiger partial charge in [-0.1, -0.05) is 50.6 Å². The van der Waals surface area contributed by atoms with Crippen molar-refractivity contribution in [3.63, 3.8) is 0 Å². The van der Waals surface area contributed by atoms with Gasteiger partial charge in [-0.2, -0.15) is 0 Å². The molecule has 3 unspecified atom stereocenters. The van der Waals surface area contributed by atoms with Gasteiger partial charge >= 0.3 is 0 Å². The lowest BCUT2D eigenvalue weighted by Gasteiger charge is -2.29. The van der Waals surface area contributed by atoms with Crippen LogP contribution in [0.25, 0.3) is 0 Å². The molecule has 3 nitrogen and oxygen atoms in total. The van der Waals surface area contributed by atoms with E-state index < -0.39 is 9.84 Å². The summed E-state index contributed by atoms with van der Waals surface area (Å²) >= 11 is 0. The molecule has 4 heteroatoms. The van der Waals surface area contributed by atoms with E-state index in [1.807, 2.05) is 18.2 Å². The molecule has 20 heavy (non-hydrogen) atoms. The summed E-state index contributed by atoms with van der Waals surface area (Å²) in [6, 6.07) is 10.3. The van der Waals surface area contributed by atoms with E-state index in [1.165, 1.54) is 11.8 Å². The van der Waals surface area contributed by atoms with Crippen molar-refractivity contribution < 1.29 is 8.42 Å². The summed E-state index contributed by atoms with van der Waals surface area (Å²) in [6.45, 7) is 4.39. The van der Waals surface area contributed by atoms with Crippen molar-refractivity contribution in [3.05, 3.63) is 35.9 Å². The number of rotatable bonds is 8. The molecule has 0 spiro atoms. The summed E-state index contributed by atoms with van der Waals surface area (Å²) in [4.78, 5) is 0. The lowest BCUT2D eigenvalue weighted by molar-refractivity contribution is 0.367. The van der Waals surface area contributed by atoms with E-state index in [-0.39, 0.29) is 11.8 Å². The number of hydrogen-bond donors (Lipinski definition) is 1. The van der Waals surface area contributed by atoms with Crippen LogP contribution in [0, 0.1) is 5.92 Å². The van der Waals surface area contributed by atoms with E-state index in [1.54, 1.807) is 0 Å². The normalized spacial score (nSPS) is 16.6. The molecule has 2 N–H and O–H groups in total. The van der Waals surface area contributed by atoms with Crippen molar-refractivity contribution in [2.45, 2.75) is 45.1 Å². The van der Waals surface area contributed by atoms with Gasteiger partial charge in [0.1, 0.15) is 9.84 Å². The largest absolute Gasteiger partial charge is 0.327 e. The fraction of sp³-hybridized carbons (Fsp3) is 0.625. The van der Waals surface area contributed by atoms with Gasteiger partial charge in [-0.3, -0.25) is 0 Å². The molecule has 1 aromatic carbocycles. The first-order chi connectivity index (χ1) is 9.35. The molecular weight excluding hydrogens is 270 g/mol. The third-order valence-corrected chi connectivity index (χ3v) is 4.99. The van der Waals surface area contributed by atoms with Crippen molar-refractivity contribution >= 4 is 9.84 Å². The van der Waals surface area contributed by atoms with Gasteiger partial charge in [0.05, 0.1) is 0 Å². The third-order valence-electron chi connectivity index (χ3n) is 3.96. The Kier molecular flexibility index (Phi) is 6.69. The Morgan fingerprint density at radius 2 is 1.80 bits per heavy atom. The molecule has 0 saturated heterocycles. The highest BCUT2D eigenvalue weighted by Gasteiger charge is 2.24. The quantitative estimate of drug-likeness (QED) is 0.802. The average molecular weight is 297 g/mol. The molecular formula is C16H27NO2S. The lowest BCUT2D eigenvalue weighted by Crippen LogP contribution is -2.32. The molecule has 1 rings (SSSR count). The Labute approximate surface area is 123 Å². The minimum atomic E-state index is -2.89. The summed E-state index contributed by atoms with van der Waals surface area (Å²) in [5, 5.41) is 0. The van der Waals surface area contributed by atoms with Crippen molar-refractivity contribution in [1.29, 1.82) is 0 Å². The van der Waals surface area contributed by atoms with Gasteiger partial charge in [0.2, 0.25) is 0 Å². The van der Waals surface area contributed by atoms with Gasteiger partial charge in [-0.25, -0.2) is 8.42 Å². The van der Waals surface area contributed by atoms with Gasteiger partial charge < -0.3 is 5.73 Å². The second-order valence-electron chi connectivity index (χ2n) is 5.76. The molecule has 0 aliphatic rings. The van der Waals surface area contributed by atoms with E-state index in [0.717, 1.165) is 12.8 Å². The molecule has 0 aliphatic carbocycles. The molecule has 0 radical (unpaired) electrons. The van der Waals surface area contributed by atoms with Crippen LogP contribution in [-0.2, 0) is 9.84 Å². The van der Waals surface area contributed by atoms with E-state index >= 15 is 0 Å². The summed E-state index contributed by atoms with van der Waals surface area (Å²) < 4.78 is 22.4. The van der Waals surface area contributed by atoms with Crippen molar-refractivity contribution in [3.8, 4) is 0 Å². The highest BCUT2D eigenvalue weighted by Crippen LogP contribution is 2.31. The van der Waals surface area contributed by atoms with Crippen LogP contribution >= 0.6 is 0 Å². The molecule has 0 saturated carbocycles. The number of hydrogen-bond acceptors (Lipinski definition) is 3. The minimum Gasteiger partial charge on any atom is -0.327 e. The summed E-state index contributed by atoms with van der Waals surface area (Å²) in [5.41, 5.74) is 7.62. The van der Waals surface area contributed by atoms with Crippen LogP contribution in [0.15, 0.2) is 30.3 Å². The van der Waals surface area contributed by atoms with Crippen LogP contribution in [0.4, 0.5) is 0 Å². The Balaban J connectivity index is 2.74. The Hall–Kier alpha value is -0.870. The predicted molar refractivity (Wildman–Crippen MR) is 85.6 cm³/mol. The Morgan fingerprint density at radius 1 is 1.20 bits per heavy atom. The smallest absolute Gasteiger partial charge is 0.147 e. The van der Waals surface area contributed by atoms with Crippen LogP contribution in [0.3, 0.4) is 0 Å². The zero-order chi connectivity index (χ0) is 15.2. The minimum absolute atomic E-state index is 0.00843. The molecule has 3 atom stereocenters. The Bertz CT molecular complexity index is 484. The van der Waals surface area contributed by atoms with Crippen molar-refractivity contribution in [1.82, 2.24) is 0 Å². The van der Waals surface area contributed by atoms with Gasteiger partial charge in [0.25, 0.3) is 0 Å². The molecule has 114 valence electrons. The first-order valence-electron chi connectivity index (χ1n) is 7.33. The van der Waals surface area contributed by atoms with E-state index in [2.05, 4.69) is 26.0 Å². The summed E-state index contributed by atoms with van der Waals surface area (Å²) in [6.07, 6.45) is 3.73. The zero-order valence-corrected chi connectivity index (χ0v) is 13.6. The first-order valence-corrected chi connectivity index (χ1v) is 9.39. The molecule has 0 aromatic heterocycles. The molecule has 0 fully saturated rings. The maximum atomic E-state index is 11.2. The Morgan fingerprint density at radius 3 is 2.30 bits per heavy atom. The van der Waals surface area contributed by atoms with Crippen LogP contribution in [0.5, 0.6) is 0 Å². The number of benzene rings is 1. The van der Waals surface area contributed by atoms with Gasteiger partial charge in [0.15, 0.2) is 0 Å². The first kappa shape index (κ1) is 17.2. The third kappa shape index (κ3) is 5.63. The average Bonchev–Trinajstić information content (AvgIpc) is 2.38. The maximum Gasteiger partial charge on any atom is 0.147 e. The highest BCUT2D eigenvalue weighted by molar-refractivity contribution is 7.90. The number of sulfone groups is 1. The van der Waals surface area contributed by atoms with E-state index in [0.29, 0.717) is 18.3 Å². The SMILES string of the molecule is CCC(C)C(c1ccccc1)C(N)CCCS(C)(=O)=O. The standard InChI is InChI=1S/C16H27NO2S/c1-4-13(2)16(14-9-6-5-7-10-14)15(17)11-8-12-20(3,18)19/h5-7,9-10,13,15-16H,4,8,11-12,17H2,1-3H3. The monoisotopic (exact) mass is 297 g/mol. The number of nitrogens with two attached hydrogens (primary N) is 1. The van der Waals surface area contributed by atoms with Gasteiger partial charge in [-0.05, 0) is 24.3 Å². The fourth-order valence-electron chi connectivity index (χ4n) is 2.69. The molecule has 0 bridgehead atoms. The summed E-state index contributed by atoms with van der Waals surface area (Å²) in [7, 11) is -2.89. The predicted octanol–water partition coefficient (Wildman–Crippen LogP) is 2.97. The van der Waals surface area contributed by atoms with Gasteiger partial charge in [-0.15, -0.1) is 0 Å². The van der Waals surface area contributed by atoms with E-state index in [4.69, 9.17) is 5.73 Å². The second-order valence-corrected chi connectivity index (χ2v) is 8.02. The van der Waals surface area contributed by atoms with Crippen LogP contribution in [0.2, 0.25) is 0 Å². The van der Waals surface area contributed by atoms with Crippen molar-refractivity contribution in [2.24, 2.45) is 11.7 Å².